The molecule has 0 radical (unpaired) electrons. The number of methoxy groups -OCH3 is 1. The first-order valence-electron chi connectivity index (χ1n) is 17.1. The molecule has 1 N–H and O–H groups in total. The van der Waals surface area contributed by atoms with Gasteiger partial charge in [-0.3, -0.25) is 9.59 Å². The molecule has 0 saturated carbocycles. The second kappa shape index (κ2) is 15.3. The van der Waals surface area contributed by atoms with Crippen molar-refractivity contribution in [2.45, 2.75) is 64.0 Å². The highest BCUT2D eigenvalue weighted by molar-refractivity contribution is 9.11. The van der Waals surface area contributed by atoms with Crippen LogP contribution in [-0.4, -0.2) is 96.9 Å². The van der Waals surface area contributed by atoms with Crippen molar-refractivity contribution in [2.75, 3.05) is 58.7 Å². The second-order valence-corrected chi connectivity index (χ2v) is 15.5. The third kappa shape index (κ3) is 7.99. The lowest BCUT2D eigenvalue weighted by Crippen LogP contribution is -2.51. The van der Waals surface area contributed by atoms with Gasteiger partial charge in [0.15, 0.2) is 0 Å². The van der Waals surface area contributed by atoms with Crippen molar-refractivity contribution >= 4 is 55.4 Å². The summed E-state index contributed by atoms with van der Waals surface area (Å²) >= 11 is 7.23. The van der Waals surface area contributed by atoms with Crippen molar-refractivity contribution in [2.24, 2.45) is 17.8 Å². The predicted molar refractivity (Wildman–Crippen MR) is 190 cm³/mol. The van der Waals surface area contributed by atoms with Gasteiger partial charge in [-0.05, 0) is 138 Å². The summed E-state index contributed by atoms with van der Waals surface area (Å²) in [4.78, 5) is 49.2. The van der Waals surface area contributed by atoms with E-state index in [1.165, 1.54) is 12.8 Å². The third-order valence-electron chi connectivity index (χ3n) is 10.9. The highest BCUT2D eigenvalue weighted by Gasteiger charge is 2.36. The van der Waals surface area contributed by atoms with Gasteiger partial charge < -0.3 is 29.7 Å². The van der Waals surface area contributed by atoms with Crippen LogP contribution in [0.15, 0.2) is 45.3 Å². The molecule has 1 atom stereocenters. The zero-order chi connectivity index (χ0) is 33.1. The fourth-order valence-electron chi connectivity index (χ4n) is 8.09. The van der Waals surface area contributed by atoms with E-state index in [9.17, 15) is 14.4 Å². The second-order valence-electron chi connectivity index (χ2n) is 13.8. The number of hydrogen-bond acceptors (Lipinski definition) is 5. The van der Waals surface area contributed by atoms with Gasteiger partial charge in [0.25, 0.3) is 0 Å². The van der Waals surface area contributed by atoms with Crippen LogP contribution in [0.5, 0.6) is 5.75 Å². The van der Waals surface area contributed by atoms with Gasteiger partial charge in [-0.15, -0.1) is 0 Å². The Kier molecular flexibility index (Phi) is 11.1. The van der Waals surface area contributed by atoms with Gasteiger partial charge in [0.1, 0.15) is 5.75 Å². The molecule has 2 aromatic rings. The molecule has 0 bridgehead atoms. The number of nitrogens with zero attached hydrogens (tertiary/aromatic N) is 4. The normalized spacial score (nSPS) is 20.9. The lowest BCUT2D eigenvalue weighted by atomic mass is 9.78. The van der Waals surface area contributed by atoms with E-state index in [0.29, 0.717) is 37.7 Å². The van der Waals surface area contributed by atoms with Crippen LogP contribution in [0.25, 0.3) is 0 Å². The molecule has 4 aliphatic heterocycles. The maximum Gasteiger partial charge on any atom is 0.322 e. The highest BCUT2D eigenvalue weighted by Crippen LogP contribution is 2.37. The minimum Gasteiger partial charge on any atom is -0.494 e. The van der Waals surface area contributed by atoms with Crippen molar-refractivity contribution in [1.82, 2.24) is 19.6 Å². The minimum atomic E-state index is -0.448. The van der Waals surface area contributed by atoms with Crippen LogP contribution in [0.3, 0.4) is 0 Å². The highest BCUT2D eigenvalue weighted by atomic mass is 79.9. The standard InChI is InChI=1S/C36H47Br2N5O4/c1-40-13-7-25(8-14-40)26-9-15-42(16-10-26)35(45)28(19-24-20-30(37)34(47-2)31(38)21-24)22-33(44)41-17-11-29(12-18-41)43-23-27-5-3-4-6-32(27)39-36(43)46/h3-6,20-21,25-26,28-29H,7-19,22-23H2,1-2H3,(H,39,46). The number of anilines is 1. The molecule has 4 aliphatic rings. The Hall–Kier alpha value is -2.63. The molecule has 0 aliphatic carbocycles. The molecule has 3 saturated heterocycles. The van der Waals surface area contributed by atoms with E-state index in [1.54, 1.807) is 7.11 Å². The first kappa shape index (κ1) is 34.2. The SMILES string of the molecule is COc1c(Br)cc(CC(CC(=O)N2CCC(N3Cc4ccccc4NC3=O)CC2)C(=O)N2CCC(C3CCN(C)CC3)CC2)cc1Br. The van der Waals surface area contributed by atoms with Gasteiger partial charge in [0, 0.05) is 50.9 Å². The van der Waals surface area contributed by atoms with E-state index in [-0.39, 0.29) is 30.3 Å². The van der Waals surface area contributed by atoms with Crippen molar-refractivity contribution in [3.63, 3.8) is 0 Å². The lowest BCUT2D eigenvalue weighted by Gasteiger charge is -2.41. The molecular weight excluding hydrogens is 726 g/mol. The smallest absolute Gasteiger partial charge is 0.322 e. The Labute approximate surface area is 295 Å². The Bertz CT molecular complexity index is 1430. The molecule has 3 fully saturated rings. The van der Waals surface area contributed by atoms with Crippen LogP contribution >= 0.6 is 31.9 Å². The molecular formula is C36H47Br2N5O4. The average Bonchev–Trinajstić information content (AvgIpc) is 3.08. The quantitative estimate of drug-likeness (QED) is 0.337. The van der Waals surface area contributed by atoms with Crippen molar-refractivity contribution < 1.29 is 19.1 Å². The van der Waals surface area contributed by atoms with E-state index in [0.717, 1.165) is 83.5 Å². The zero-order valence-electron chi connectivity index (χ0n) is 27.6. The minimum absolute atomic E-state index is 0.0168. The summed E-state index contributed by atoms with van der Waals surface area (Å²) in [6.45, 7) is 5.61. The van der Waals surface area contributed by atoms with Crippen LogP contribution < -0.4 is 10.1 Å². The summed E-state index contributed by atoms with van der Waals surface area (Å²) in [5.74, 6) is 1.79. The number of ether oxygens (including phenoxy) is 1. The maximum absolute atomic E-state index is 14.2. The van der Waals surface area contributed by atoms with Gasteiger partial charge in [-0.2, -0.15) is 0 Å². The number of urea groups is 1. The number of carbonyl (C=O) groups excluding carboxylic acids is 3. The number of hydrogen-bond donors (Lipinski definition) is 1. The van der Waals surface area contributed by atoms with Crippen LogP contribution in [0.2, 0.25) is 0 Å². The number of nitrogens with one attached hydrogen (secondary N) is 1. The predicted octanol–water partition coefficient (Wildman–Crippen LogP) is 6.39. The Morgan fingerprint density at radius 1 is 0.894 bits per heavy atom. The fraction of sp³-hybridized carbons (Fsp3) is 0.583. The van der Waals surface area contributed by atoms with Gasteiger partial charge in [0.2, 0.25) is 11.8 Å². The zero-order valence-corrected chi connectivity index (χ0v) is 30.7. The largest absolute Gasteiger partial charge is 0.494 e. The Morgan fingerprint density at radius 2 is 1.49 bits per heavy atom. The molecule has 0 spiro atoms. The Balaban J connectivity index is 1.10. The van der Waals surface area contributed by atoms with E-state index in [1.807, 2.05) is 45.0 Å². The molecule has 0 aromatic heterocycles. The molecule has 11 heteroatoms. The fourth-order valence-corrected chi connectivity index (χ4v) is 9.70. The van der Waals surface area contributed by atoms with Crippen LogP contribution in [0, 0.1) is 17.8 Å². The van der Waals surface area contributed by atoms with Crippen molar-refractivity contribution in [3.05, 3.63) is 56.5 Å². The molecule has 4 heterocycles. The molecule has 6 rings (SSSR count). The van der Waals surface area contributed by atoms with Crippen LogP contribution in [0.4, 0.5) is 10.5 Å². The summed E-state index contributed by atoms with van der Waals surface area (Å²) in [6.07, 6.45) is 6.69. The van der Waals surface area contributed by atoms with E-state index < -0.39 is 5.92 Å². The maximum atomic E-state index is 14.2. The number of benzene rings is 2. The lowest BCUT2D eigenvalue weighted by molar-refractivity contribution is -0.143. The number of fused-ring (bicyclic) bond motifs is 1. The summed E-state index contributed by atoms with van der Waals surface area (Å²) < 4.78 is 7.13. The van der Waals surface area contributed by atoms with Gasteiger partial charge in [-0.1, -0.05) is 18.2 Å². The summed E-state index contributed by atoms with van der Waals surface area (Å²) in [7, 11) is 3.83. The summed E-state index contributed by atoms with van der Waals surface area (Å²) in [5.41, 5.74) is 2.96. The number of likely N-dealkylation sites (tertiary alicyclic amines) is 3. The average molecular weight is 774 g/mol. The number of rotatable bonds is 8. The first-order chi connectivity index (χ1) is 22.7. The molecule has 1 unspecified atom stereocenters. The molecule has 47 heavy (non-hydrogen) atoms. The van der Waals surface area contributed by atoms with E-state index >= 15 is 0 Å². The van der Waals surface area contributed by atoms with E-state index in [2.05, 4.69) is 55.2 Å². The first-order valence-corrected chi connectivity index (χ1v) is 18.7. The number of piperidine rings is 3. The molecule has 9 nitrogen and oxygen atoms in total. The van der Waals surface area contributed by atoms with Crippen LogP contribution in [-0.2, 0) is 22.6 Å². The topological polar surface area (TPSA) is 85.4 Å². The molecule has 2 aromatic carbocycles. The van der Waals surface area contributed by atoms with Gasteiger partial charge >= 0.3 is 6.03 Å². The molecule has 4 amide bonds. The van der Waals surface area contributed by atoms with Crippen molar-refractivity contribution in [1.29, 1.82) is 0 Å². The summed E-state index contributed by atoms with van der Waals surface area (Å²) in [5, 5.41) is 3.02. The van der Waals surface area contributed by atoms with Crippen molar-refractivity contribution in [3.8, 4) is 5.75 Å². The number of para-hydroxylation sites is 1. The van der Waals surface area contributed by atoms with Gasteiger partial charge in [0.05, 0.1) is 22.0 Å². The van der Waals surface area contributed by atoms with Gasteiger partial charge in [-0.25, -0.2) is 4.79 Å². The number of carbonyl (C=O) groups is 3. The Morgan fingerprint density at radius 3 is 2.13 bits per heavy atom. The summed E-state index contributed by atoms with van der Waals surface area (Å²) in [6, 6.07) is 11.9. The molecule has 254 valence electrons. The van der Waals surface area contributed by atoms with E-state index in [4.69, 9.17) is 4.74 Å². The van der Waals surface area contributed by atoms with Crippen LogP contribution in [0.1, 0.15) is 56.1 Å². The number of amides is 4. The monoisotopic (exact) mass is 771 g/mol. The number of halogens is 2. The third-order valence-corrected chi connectivity index (χ3v) is 12.1.